The second kappa shape index (κ2) is 17.6. The van der Waals surface area contributed by atoms with E-state index in [4.69, 9.17) is 9.60 Å². The Labute approximate surface area is 357 Å². The SMILES string of the molecule is [2H]C([2H])([2H])c1c[c-]c(-c2cc(C([2H])([2H])C3CCCC3)c([Si](C)(C)C)cn2)cc1.[2H]C([2H])(c1ccnc(-c2[c-]ccc3c2sc2cc(-c4ccccc4)ccc23)c1)C1CCCC1.[Ir]. The van der Waals surface area contributed by atoms with E-state index in [1.165, 1.54) is 32.7 Å². The summed E-state index contributed by atoms with van der Waals surface area (Å²) in [5, 5.41) is 3.50. The Bertz CT molecular complexity index is 2650. The van der Waals surface area contributed by atoms with Crippen LogP contribution in [-0.2, 0) is 32.9 Å². The van der Waals surface area contributed by atoms with E-state index in [0.29, 0.717) is 11.3 Å². The fourth-order valence-corrected chi connectivity index (χ4v) is 10.6. The van der Waals surface area contributed by atoms with Crippen molar-refractivity contribution in [2.75, 3.05) is 0 Å². The summed E-state index contributed by atoms with van der Waals surface area (Å²) in [4.78, 5) is 9.25. The number of rotatable bonds is 8. The maximum Gasteiger partial charge on any atom is 0.0798 e. The molecule has 3 heterocycles. The fourth-order valence-electron chi connectivity index (χ4n) is 7.90. The van der Waals surface area contributed by atoms with Crippen LogP contribution in [0.25, 0.3) is 53.8 Å². The normalized spacial score (nSPS) is 17.5. The van der Waals surface area contributed by atoms with E-state index in [2.05, 4.69) is 90.3 Å². The summed E-state index contributed by atoms with van der Waals surface area (Å²) in [6, 6.07) is 38.1. The zero-order valence-electron chi connectivity index (χ0n) is 38.8. The number of aryl methyl sites for hydroxylation is 1. The molecule has 0 unspecified atom stereocenters. The second-order valence-electron chi connectivity index (χ2n) is 15.8. The van der Waals surface area contributed by atoms with Gasteiger partial charge in [0, 0.05) is 46.8 Å². The van der Waals surface area contributed by atoms with Crippen LogP contribution >= 0.6 is 11.3 Å². The van der Waals surface area contributed by atoms with Gasteiger partial charge in [-0.15, -0.1) is 59.2 Å². The number of nitrogens with zero attached hydrogens (tertiary/aromatic N) is 2. The first-order valence-corrected chi connectivity index (χ1v) is 23.8. The van der Waals surface area contributed by atoms with Crippen LogP contribution in [0.15, 0.2) is 109 Å². The molecule has 0 aliphatic heterocycles. The third-order valence-electron chi connectivity index (χ3n) is 10.8. The first kappa shape index (κ1) is 31.4. The Morgan fingerprint density at radius 1 is 0.764 bits per heavy atom. The summed E-state index contributed by atoms with van der Waals surface area (Å²) in [7, 11) is -1.78. The minimum Gasteiger partial charge on any atom is -0.305 e. The topological polar surface area (TPSA) is 25.8 Å². The van der Waals surface area contributed by atoms with E-state index in [9.17, 15) is 0 Å². The molecule has 2 aliphatic carbocycles. The molecule has 0 saturated heterocycles. The van der Waals surface area contributed by atoms with Crippen LogP contribution in [0.4, 0.5) is 0 Å². The number of hydrogen-bond donors (Lipinski definition) is 0. The Hall–Kier alpha value is -3.73. The summed E-state index contributed by atoms with van der Waals surface area (Å²) in [6.07, 6.45) is 9.10. The van der Waals surface area contributed by atoms with Gasteiger partial charge < -0.3 is 9.97 Å². The van der Waals surface area contributed by atoms with E-state index < -0.39 is 27.7 Å². The van der Waals surface area contributed by atoms with Crippen molar-refractivity contribution >= 4 is 44.8 Å². The molecule has 4 aromatic carbocycles. The maximum atomic E-state index is 8.94. The molecule has 5 heteroatoms. The van der Waals surface area contributed by atoms with Crippen molar-refractivity contribution in [3.8, 4) is 33.6 Å². The number of pyridine rings is 2. The van der Waals surface area contributed by atoms with Crippen molar-refractivity contribution < 1.29 is 29.7 Å². The molecule has 3 aromatic heterocycles. The third kappa shape index (κ3) is 9.29. The van der Waals surface area contributed by atoms with Crippen molar-refractivity contribution in [1.29, 1.82) is 0 Å². The van der Waals surface area contributed by atoms with Gasteiger partial charge in [0.05, 0.1) is 8.07 Å². The predicted octanol–water partition coefficient (Wildman–Crippen LogP) is 13.4. The Morgan fingerprint density at radius 3 is 2.24 bits per heavy atom. The summed E-state index contributed by atoms with van der Waals surface area (Å²) in [5.74, 6) is 0.132. The van der Waals surface area contributed by atoms with Crippen LogP contribution in [-0.4, -0.2) is 18.0 Å². The minimum absolute atomic E-state index is 0. The van der Waals surface area contributed by atoms with Gasteiger partial charge in [-0.25, -0.2) is 0 Å². The van der Waals surface area contributed by atoms with Gasteiger partial charge in [0.2, 0.25) is 0 Å². The van der Waals surface area contributed by atoms with Gasteiger partial charge in [-0.1, -0.05) is 149 Å². The summed E-state index contributed by atoms with van der Waals surface area (Å²) in [5.41, 5.74) is 7.27. The number of aromatic nitrogens is 2. The largest absolute Gasteiger partial charge is 0.305 e. The van der Waals surface area contributed by atoms with E-state index >= 15 is 0 Å². The maximum absolute atomic E-state index is 8.94. The van der Waals surface area contributed by atoms with Crippen molar-refractivity contribution in [2.24, 2.45) is 11.8 Å². The fraction of sp³-hybridized carbons (Fsp3) is 0.320. The zero-order chi connectivity index (χ0) is 43.2. The predicted molar refractivity (Wildman–Crippen MR) is 234 cm³/mol. The van der Waals surface area contributed by atoms with E-state index in [-0.39, 0.29) is 37.5 Å². The Morgan fingerprint density at radius 2 is 1.53 bits per heavy atom. The molecular weight excluding hydrogens is 881 g/mol. The van der Waals surface area contributed by atoms with Gasteiger partial charge in [-0.05, 0) is 74.5 Å². The molecule has 2 fully saturated rings. The summed E-state index contributed by atoms with van der Waals surface area (Å²) >= 11 is 1.77. The van der Waals surface area contributed by atoms with Crippen molar-refractivity contribution in [3.63, 3.8) is 0 Å². The van der Waals surface area contributed by atoms with Gasteiger partial charge in [0.1, 0.15) is 0 Å². The van der Waals surface area contributed by atoms with Gasteiger partial charge in [0.15, 0.2) is 0 Å². The number of hydrogen-bond acceptors (Lipinski definition) is 3. The molecule has 0 atom stereocenters. The van der Waals surface area contributed by atoms with Crippen LogP contribution in [0.3, 0.4) is 0 Å². The molecule has 0 spiro atoms. The molecule has 2 nitrogen and oxygen atoms in total. The first-order valence-electron chi connectivity index (χ1n) is 22.9. The average molecular weight is 940 g/mol. The summed E-state index contributed by atoms with van der Waals surface area (Å²) in [6.45, 7) is 4.49. The number of fused-ring (bicyclic) bond motifs is 3. The molecule has 7 aromatic rings. The van der Waals surface area contributed by atoms with Crippen LogP contribution in [0.5, 0.6) is 0 Å². The molecule has 0 N–H and O–H groups in total. The van der Waals surface area contributed by atoms with E-state index in [1.807, 2.05) is 36.5 Å². The average Bonchev–Trinajstić information content (AvgIpc) is 4.06. The van der Waals surface area contributed by atoms with Gasteiger partial charge in [-0.3, -0.25) is 0 Å². The molecule has 0 amide bonds. The van der Waals surface area contributed by atoms with E-state index in [1.54, 1.807) is 29.7 Å². The van der Waals surface area contributed by atoms with Crippen LogP contribution in [0.1, 0.15) is 77.7 Å². The number of benzene rings is 4. The van der Waals surface area contributed by atoms with Crippen molar-refractivity contribution in [1.82, 2.24) is 9.97 Å². The second-order valence-corrected chi connectivity index (χ2v) is 21.9. The Balaban J connectivity index is 0.000000186. The van der Waals surface area contributed by atoms with Gasteiger partial charge in [0.25, 0.3) is 0 Å². The minimum atomic E-state index is -2.16. The smallest absolute Gasteiger partial charge is 0.0798 e. The zero-order valence-corrected chi connectivity index (χ0v) is 36.1. The van der Waals surface area contributed by atoms with E-state index in [0.717, 1.165) is 83.6 Å². The molecule has 283 valence electrons. The molecule has 9 rings (SSSR count). The monoisotopic (exact) mass is 940 g/mol. The molecule has 55 heavy (non-hydrogen) atoms. The van der Waals surface area contributed by atoms with Crippen molar-refractivity contribution in [3.05, 3.63) is 138 Å². The van der Waals surface area contributed by atoms with Crippen LogP contribution in [0, 0.1) is 30.8 Å². The standard InChI is InChI=1S/C29H24NS.C21H28NSi.Ir/c1-2-9-22(10-3-1)23-13-14-24-25-11-6-12-26(29(25)31-28(24)19-23)27-18-21(15-16-30-27)17-20-7-4-5-8-20;1-16-9-11-18(12-10-16)20-14-19(13-17-7-5-6-8-17)21(15-22-20)23(2,3)4;/h1-3,6,9-11,13-16,18-20H,4-5,7-8,17H2;9-11,14-15,17H,5-8,13H2,1-4H3;/q2*-1;/i17D2;1D3,13D2;. The van der Waals surface area contributed by atoms with Crippen molar-refractivity contribution in [2.45, 2.75) is 90.6 Å². The molecule has 2 saturated carbocycles. The third-order valence-corrected chi connectivity index (χ3v) is 14.0. The number of thiophene rings is 1. The molecule has 0 bridgehead atoms. The van der Waals surface area contributed by atoms with Crippen LogP contribution < -0.4 is 5.19 Å². The van der Waals surface area contributed by atoms with Gasteiger partial charge >= 0.3 is 0 Å². The molecule has 2 aliphatic rings. The van der Waals surface area contributed by atoms with Crippen LogP contribution in [0.2, 0.25) is 19.6 Å². The molecule has 1 radical (unpaired) electrons. The Kier molecular flexibility index (Phi) is 10.0. The van der Waals surface area contributed by atoms with Gasteiger partial charge in [-0.2, -0.15) is 11.3 Å². The summed E-state index contributed by atoms with van der Waals surface area (Å²) < 4.78 is 60.4. The molecular formula is C50H52IrN2SSi-2. The quantitative estimate of drug-likeness (QED) is 0.112. The first-order chi connectivity index (χ1) is 29.0.